The highest BCUT2D eigenvalue weighted by Crippen LogP contribution is 2.26. The average molecular weight is 455 g/mol. The molecule has 2 aromatic rings. The number of hydrogen-bond acceptors (Lipinski definition) is 6. The van der Waals surface area contributed by atoms with Gasteiger partial charge in [-0.15, -0.1) is 0 Å². The Bertz CT molecular complexity index is 874. The number of nitrogens with one attached hydrogen (secondary N) is 2. The van der Waals surface area contributed by atoms with Gasteiger partial charge in [0, 0.05) is 38.8 Å². The lowest BCUT2D eigenvalue weighted by Crippen LogP contribution is -2.38. The molecule has 2 saturated heterocycles. The second kappa shape index (κ2) is 11.4. The molecule has 0 amide bonds. The molecule has 2 aliphatic rings. The maximum atomic E-state index is 5.53. The monoisotopic (exact) mass is 454 g/mol. The number of piperidine rings is 1. The van der Waals surface area contributed by atoms with Crippen molar-refractivity contribution >= 4 is 34.9 Å². The van der Waals surface area contributed by atoms with Gasteiger partial charge >= 0.3 is 0 Å². The highest BCUT2D eigenvalue weighted by Gasteiger charge is 2.21. The maximum absolute atomic E-state index is 5.53. The van der Waals surface area contributed by atoms with Crippen LogP contribution < -0.4 is 20.4 Å². The van der Waals surface area contributed by atoms with E-state index in [1.54, 1.807) is 0 Å². The Kier molecular flexibility index (Phi) is 8.12. The summed E-state index contributed by atoms with van der Waals surface area (Å²) in [6.45, 7) is 8.31. The minimum absolute atomic E-state index is 0.558. The van der Waals surface area contributed by atoms with Gasteiger partial charge in [0.05, 0.1) is 13.2 Å². The van der Waals surface area contributed by atoms with Crippen molar-refractivity contribution in [3.8, 4) is 0 Å². The Morgan fingerprint density at radius 1 is 1.09 bits per heavy atom. The number of ether oxygens (including phenoxy) is 1. The van der Waals surface area contributed by atoms with E-state index < -0.39 is 0 Å². The molecule has 2 N–H and O–H groups in total. The first kappa shape index (κ1) is 22.7. The van der Waals surface area contributed by atoms with Crippen molar-refractivity contribution in [1.29, 1.82) is 0 Å². The summed E-state index contributed by atoms with van der Waals surface area (Å²) in [5.41, 5.74) is 1.34. The number of benzene rings is 1. The van der Waals surface area contributed by atoms with Crippen molar-refractivity contribution < 1.29 is 4.74 Å². The molecule has 2 aliphatic heterocycles. The van der Waals surface area contributed by atoms with E-state index >= 15 is 0 Å². The Labute approximate surface area is 196 Å². The first-order valence-corrected chi connectivity index (χ1v) is 12.1. The molecule has 0 spiro atoms. The molecule has 8 heteroatoms. The summed E-state index contributed by atoms with van der Waals surface area (Å²) in [5, 5.41) is 7.09. The zero-order chi connectivity index (χ0) is 22.2. The molecule has 0 bridgehead atoms. The summed E-state index contributed by atoms with van der Waals surface area (Å²) in [7, 11) is 0. The largest absolute Gasteiger partial charge is 0.378 e. The van der Waals surface area contributed by atoms with Crippen LogP contribution in [0.15, 0.2) is 36.4 Å². The number of thiocarbonyl (C=S) groups is 1. The van der Waals surface area contributed by atoms with Gasteiger partial charge in [0.15, 0.2) is 5.11 Å². The van der Waals surface area contributed by atoms with Gasteiger partial charge in [0.2, 0.25) is 5.95 Å². The van der Waals surface area contributed by atoms with E-state index in [1.165, 1.54) is 18.4 Å². The third kappa shape index (κ3) is 6.53. The van der Waals surface area contributed by atoms with Crippen LogP contribution in [0.1, 0.15) is 31.7 Å². The van der Waals surface area contributed by atoms with Gasteiger partial charge in [0.1, 0.15) is 11.6 Å². The molecule has 1 aromatic carbocycles. The predicted octanol–water partition coefficient (Wildman–Crippen LogP) is 3.47. The van der Waals surface area contributed by atoms with Gasteiger partial charge in [-0.05, 0) is 49.4 Å². The summed E-state index contributed by atoms with van der Waals surface area (Å²) in [4.78, 5) is 14.2. The lowest BCUT2D eigenvalue weighted by Gasteiger charge is -2.33. The summed E-state index contributed by atoms with van der Waals surface area (Å²) >= 11 is 5.53. The molecule has 3 heterocycles. The zero-order valence-corrected chi connectivity index (χ0v) is 19.7. The second-order valence-corrected chi connectivity index (χ2v) is 9.08. The summed E-state index contributed by atoms with van der Waals surface area (Å²) in [5.74, 6) is 3.14. The van der Waals surface area contributed by atoms with Crippen LogP contribution in [0.25, 0.3) is 0 Å². The SMILES string of the molecule is C[C@H]1CCCN(c2cc(N3CCOCC3)nc(NC(=S)NCCCc3ccccc3)n2)C1. The topological polar surface area (TPSA) is 65.6 Å². The van der Waals surface area contributed by atoms with Crippen molar-refractivity contribution in [3.63, 3.8) is 0 Å². The van der Waals surface area contributed by atoms with Crippen molar-refractivity contribution in [2.24, 2.45) is 5.92 Å². The smallest absolute Gasteiger partial charge is 0.232 e. The molecule has 172 valence electrons. The maximum Gasteiger partial charge on any atom is 0.232 e. The number of nitrogens with zero attached hydrogens (tertiary/aromatic N) is 4. The van der Waals surface area contributed by atoms with Crippen LogP contribution in [0.4, 0.5) is 17.6 Å². The first-order valence-electron chi connectivity index (χ1n) is 11.7. The number of aryl methyl sites for hydroxylation is 1. The fraction of sp³-hybridized carbons (Fsp3) is 0.542. The van der Waals surface area contributed by atoms with E-state index in [-0.39, 0.29) is 0 Å². The van der Waals surface area contributed by atoms with Crippen molar-refractivity contribution in [3.05, 3.63) is 42.0 Å². The third-order valence-corrected chi connectivity index (χ3v) is 6.26. The molecule has 1 atom stereocenters. The summed E-state index contributed by atoms with van der Waals surface area (Å²) < 4.78 is 5.52. The standard InChI is InChI=1S/C24H34N6OS/c1-19-7-6-12-30(18-19)22-17-21(29-13-15-31-16-14-29)26-23(27-22)28-24(32)25-11-5-10-20-8-3-2-4-9-20/h2-4,8-9,17,19H,5-7,10-16,18H2,1H3,(H2,25,26,27,28,32)/t19-/m0/s1. The van der Waals surface area contributed by atoms with E-state index in [0.29, 0.717) is 17.0 Å². The van der Waals surface area contributed by atoms with E-state index in [2.05, 4.69) is 57.7 Å². The lowest BCUT2D eigenvalue weighted by atomic mass is 10.0. The number of morpholine rings is 1. The Morgan fingerprint density at radius 2 is 1.84 bits per heavy atom. The fourth-order valence-electron chi connectivity index (χ4n) is 4.28. The number of rotatable bonds is 7. The minimum atomic E-state index is 0.558. The van der Waals surface area contributed by atoms with E-state index in [4.69, 9.17) is 26.9 Å². The van der Waals surface area contributed by atoms with Crippen molar-refractivity contribution in [2.45, 2.75) is 32.6 Å². The van der Waals surface area contributed by atoms with Crippen LogP contribution in [-0.4, -0.2) is 61.0 Å². The molecule has 0 unspecified atom stereocenters. The zero-order valence-electron chi connectivity index (χ0n) is 18.9. The lowest BCUT2D eigenvalue weighted by molar-refractivity contribution is 0.122. The summed E-state index contributed by atoms with van der Waals surface area (Å²) in [6, 6.07) is 12.6. The van der Waals surface area contributed by atoms with Crippen LogP contribution in [0.3, 0.4) is 0 Å². The highest BCUT2D eigenvalue weighted by atomic mass is 32.1. The number of hydrogen-bond donors (Lipinski definition) is 2. The number of aromatic nitrogens is 2. The second-order valence-electron chi connectivity index (χ2n) is 8.67. The predicted molar refractivity (Wildman–Crippen MR) is 135 cm³/mol. The van der Waals surface area contributed by atoms with Gasteiger partial charge in [-0.25, -0.2) is 0 Å². The quantitative estimate of drug-likeness (QED) is 0.487. The van der Waals surface area contributed by atoms with Gasteiger partial charge in [-0.2, -0.15) is 9.97 Å². The Balaban J connectivity index is 1.39. The summed E-state index contributed by atoms with van der Waals surface area (Å²) in [6.07, 6.45) is 4.51. The third-order valence-electron chi connectivity index (χ3n) is 6.01. The fourth-order valence-corrected chi connectivity index (χ4v) is 4.47. The normalized spacial score (nSPS) is 19.0. The van der Waals surface area contributed by atoms with Gasteiger partial charge in [-0.1, -0.05) is 37.3 Å². The van der Waals surface area contributed by atoms with Crippen LogP contribution in [-0.2, 0) is 11.2 Å². The van der Waals surface area contributed by atoms with E-state index in [0.717, 1.165) is 70.4 Å². The van der Waals surface area contributed by atoms with Crippen LogP contribution in [0.5, 0.6) is 0 Å². The van der Waals surface area contributed by atoms with Crippen molar-refractivity contribution in [2.75, 3.05) is 61.1 Å². The Hall–Kier alpha value is -2.45. The van der Waals surface area contributed by atoms with Gasteiger partial charge in [0.25, 0.3) is 0 Å². The molecule has 7 nitrogen and oxygen atoms in total. The molecular formula is C24H34N6OS. The van der Waals surface area contributed by atoms with Crippen LogP contribution in [0, 0.1) is 5.92 Å². The van der Waals surface area contributed by atoms with Gasteiger partial charge < -0.3 is 25.2 Å². The molecule has 1 aromatic heterocycles. The molecule has 0 saturated carbocycles. The number of anilines is 3. The van der Waals surface area contributed by atoms with Crippen LogP contribution in [0.2, 0.25) is 0 Å². The van der Waals surface area contributed by atoms with Crippen molar-refractivity contribution in [1.82, 2.24) is 15.3 Å². The van der Waals surface area contributed by atoms with E-state index in [9.17, 15) is 0 Å². The molecule has 4 rings (SSSR count). The first-order chi connectivity index (χ1) is 15.7. The average Bonchev–Trinajstić information content (AvgIpc) is 2.83. The molecule has 0 aliphatic carbocycles. The van der Waals surface area contributed by atoms with Crippen LogP contribution >= 0.6 is 12.2 Å². The molecule has 32 heavy (non-hydrogen) atoms. The molecule has 2 fully saturated rings. The Morgan fingerprint density at radius 3 is 2.59 bits per heavy atom. The minimum Gasteiger partial charge on any atom is -0.378 e. The molecular weight excluding hydrogens is 420 g/mol. The molecule has 0 radical (unpaired) electrons. The van der Waals surface area contributed by atoms with Gasteiger partial charge in [-0.3, -0.25) is 0 Å². The highest BCUT2D eigenvalue weighted by molar-refractivity contribution is 7.80. The van der Waals surface area contributed by atoms with E-state index in [1.807, 2.05) is 6.07 Å².